The summed E-state index contributed by atoms with van der Waals surface area (Å²) in [5.41, 5.74) is 2.76. The molecular weight excluding hydrogens is 331 g/mol. The van der Waals surface area contributed by atoms with Gasteiger partial charge in [0.05, 0.1) is 19.5 Å². The highest BCUT2D eigenvalue weighted by Gasteiger charge is 2.42. The molecule has 0 saturated carbocycles. The quantitative estimate of drug-likeness (QED) is 0.690. The second-order valence-electron chi connectivity index (χ2n) is 5.66. The largest absolute Gasteiger partial charge is 0.359 e. The van der Waals surface area contributed by atoms with Crippen LogP contribution in [0.4, 0.5) is 0 Å². The average Bonchev–Trinajstić information content (AvgIpc) is 3.17. The van der Waals surface area contributed by atoms with Crippen molar-refractivity contribution in [2.45, 2.75) is 18.8 Å². The number of imidazole rings is 1. The summed E-state index contributed by atoms with van der Waals surface area (Å²) in [7, 11) is 0. The third kappa shape index (κ3) is 2.55. The molecule has 0 spiro atoms. The first kappa shape index (κ1) is 14.8. The summed E-state index contributed by atoms with van der Waals surface area (Å²) < 4.78 is 8.34. The number of ether oxygens (including phenoxy) is 1. The summed E-state index contributed by atoms with van der Waals surface area (Å²) in [4.78, 5) is 4.14. The number of halogens is 2. The van der Waals surface area contributed by atoms with Gasteiger partial charge in [0.1, 0.15) is 5.60 Å². The molecule has 1 aliphatic rings. The van der Waals surface area contributed by atoms with Gasteiger partial charge in [-0.25, -0.2) is 4.98 Å². The van der Waals surface area contributed by atoms with E-state index in [2.05, 4.69) is 11.1 Å². The van der Waals surface area contributed by atoms with Crippen LogP contribution in [-0.4, -0.2) is 9.55 Å². The lowest BCUT2D eigenvalue weighted by Crippen LogP contribution is -2.32. The molecule has 0 N–H and O–H groups in total. The fourth-order valence-electron chi connectivity index (χ4n) is 3.17. The monoisotopic (exact) mass is 344 g/mol. The smallest absolute Gasteiger partial charge is 0.137 e. The van der Waals surface area contributed by atoms with Gasteiger partial charge in [-0.15, -0.1) is 0 Å². The molecule has 0 radical (unpaired) electrons. The van der Waals surface area contributed by atoms with Gasteiger partial charge >= 0.3 is 0 Å². The lowest BCUT2D eigenvalue weighted by Gasteiger charge is -2.31. The molecule has 3 aromatic rings. The Hall–Kier alpha value is -1.81. The van der Waals surface area contributed by atoms with E-state index in [9.17, 15) is 0 Å². The second kappa shape index (κ2) is 5.68. The van der Waals surface area contributed by atoms with E-state index < -0.39 is 5.60 Å². The number of rotatable bonds is 3. The molecule has 5 heteroatoms. The lowest BCUT2D eigenvalue weighted by molar-refractivity contribution is -0.0180. The standard InChI is InChI=1S/C18H14Cl2N2O/c19-15-3-1-14(2-4-15)18(11-22-8-7-21-12-22)17-6-5-16(20)9-13(17)10-23-18/h1-9,12H,10-11H2. The first-order valence-corrected chi connectivity index (χ1v) is 8.08. The van der Waals surface area contributed by atoms with Crippen LogP contribution >= 0.6 is 23.2 Å². The van der Waals surface area contributed by atoms with Crippen molar-refractivity contribution in [3.8, 4) is 0 Å². The van der Waals surface area contributed by atoms with Crippen molar-refractivity contribution < 1.29 is 4.74 Å². The fourth-order valence-corrected chi connectivity index (χ4v) is 3.49. The zero-order chi connectivity index (χ0) is 15.9. The topological polar surface area (TPSA) is 27.1 Å². The molecular formula is C18H14Cl2N2O. The Kier molecular flexibility index (Phi) is 3.64. The Morgan fingerprint density at radius 3 is 2.61 bits per heavy atom. The van der Waals surface area contributed by atoms with Crippen LogP contribution in [0.15, 0.2) is 61.2 Å². The van der Waals surface area contributed by atoms with E-state index in [4.69, 9.17) is 27.9 Å². The van der Waals surface area contributed by atoms with Gasteiger partial charge in [-0.1, -0.05) is 41.4 Å². The van der Waals surface area contributed by atoms with Crippen molar-refractivity contribution in [3.05, 3.63) is 87.9 Å². The maximum atomic E-state index is 6.31. The predicted molar refractivity (Wildman–Crippen MR) is 90.7 cm³/mol. The number of aromatic nitrogens is 2. The van der Waals surface area contributed by atoms with Crippen molar-refractivity contribution in [2.75, 3.05) is 0 Å². The van der Waals surface area contributed by atoms with Gasteiger partial charge in [0.2, 0.25) is 0 Å². The minimum Gasteiger partial charge on any atom is -0.359 e. The number of benzene rings is 2. The Morgan fingerprint density at radius 2 is 1.87 bits per heavy atom. The van der Waals surface area contributed by atoms with Crippen LogP contribution in [0.25, 0.3) is 0 Å². The molecule has 0 fully saturated rings. The van der Waals surface area contributed by atoms with Crippen molar-refractivity contribution in [2.24, 2.45) is 0 Å². The average molecular weight is 345 g/mol. The van der Waals surface area contributed by atoms with Crippen molar-refractivity contribution in [3.63, 3.8) is 0 Å². The highest BCUT2D eigenvalue weighted by atomic mass is 35.5. The van der Waals surface area contributed by atoms with Crippen LogP contribution in [0.1, 0.15) is 16.7 Å². The van der Waals surface area contributed by atoms with Crippen LogP contribution in [0.3, 0.4) is 0 Å². The van der Waals surface area contributed by atoms with Gasteiger partial charge < -0.3 is 9.30 Å². The summed E-state index contributed by atoms with van der Waals surface area (Å²) >= 11 is 12.2. The van der Waals surface area contributed by atoms with Crippen molar-refractivity contribution >= 4 is 23.2 Å². The molecule has 4 rings (SSSR count). The molecule has 1 atom stereocenters. The normalized spacial score (nSPS) is 19.7. The van der Waals surface area contributed by atoms with Crippen LogP contribution in [0, 0.1) is 0 Å². The van der Waals surface area contributed by atoms with Gasteiger partial charge in [-0.3, -0.25) is 0 Å². The first-order valence-electron chi connectivity index (χ1n) is 7.32. The van der Waals surface area contributed by atoms with Gasteiger partial charge in [-0.05, 0) is 41.0 Å². The maximum Gasteiger partial charge on any atom is 0.137 e. The van der Waals surface area contributed by atoms with Gasteiger partial charge in [0.15, 0.2) is 0 Å². The summed E-state index contributed by atoms with van der Waals surface area (Å²) in [6.07, 6.45) is 5.51. The summed E-state index contributed by atoms with van der Waals surface area (Å²) in [6, 6.07) is 13.8. The molecule has 1 unspecified atom stereocenters. The molecule has 1 aliphatic heterocycles. The molecule has 2 aromatic carbocycles. The van der Waals surface area contributed by atoms with Crippen LogP contribution in [0.5, 0.6) is 0 Å². The number of nitrogens with zero attached hydrogens (tertiary/aromatic N) is 2. The Balaban J connectivity index is 1.88. The highest BCUT2D eigenvalue weighted by molar-refractivity contribution is 6.30. The Bertz CT molecular complexity index is 831. The molecule has 2 heterocycles. The summed E-state index contributed by atoms with van der Waals surface area (Å²) in [5.74, 6) is 0. The van der Waals surface area contributed by atoms with E-state index in [1.54, 1.807) is 12.5 Å². The molecule has 0 bridgehead atoms. The number of hydrogen-bond acceptors (Lipinski definition) is 2. The Labute approximate surface area is 144 Å². The van der Waals surface area contributed by atoms with Crippen molar-refractivity contribution in [1.82, 2.24) is 9.55 Å². The maximum absolute atomic E-state index is 6.31. The van der Waals surface area contributed by atoms with Gasteiger partial charge in [-0.2, -0.15) is 0 Å². The second-order valence-corrected chi connectivity index (χ2v) is 6.53. The molecule has 0 saturated heterocycles. The van der Waals surface area contributed by atoms with Gasteiger partial charge in [0.25, 0.3) is 0 Å². The molecule has 23 heavy (non-hydrogen) atoms. The zero-order valence-corrected chi connectivity index (χ0v) is 13.8. The van der Waals surface area contributed by atoms with Crippen LogP contribution in [0.2, 0.25) is 10.0 Å². The molecule has 116 valence electrons. The third-order valence-corrected chi connectivity index (χ3v) is 4.74. The van der Waals surface area contributed by atoms with Gasteiger partial charge in [0, 0.05) is 22.4 Å². The van der Waals surface area contributed by atoms with E-state index >= 15 is 0 Å². The molecule has 3 nitrogen and oxygen atoms in total. The number of fused-ring (bicyclic) bond motifs is 1. The summed E-state index contributed by atoms with van der Waals surface area (Å²) in [5, 5.41) is 1.43. The zero-order valence-electron chi connectivity index (χ0n) is 12.2. The highest BCUT2D eigenvalue weighted by Crippen LogP contribution is 2.44. The van der Waals surface area contributed by atoms with E-state index in [-0.39, 0.29) is 0 Å². The van der Waals surface area contributed by atoms with E-state index in [0.29, 0.717) is 18.2 Å². The minimum atomic E-state index is -0.564. The van der Waals surface area contributed by atoms with Crippen LogP contribution in [-0.2, 0) is 23.5 Å². The van der Waals surface area contributed by atoms with Crippen LogP contribution < -0.4 is 0 Å². The van der Waals surface area contributed by atoms with E-state index in [1.165, 1.54) is 0 Å². The van der Waals surface area contributed by atoms with Crippen molar-refractivity contribution in [1.29, 1.82) is 0 Å². The lowest BCUT2D eigenvalue weighted by atomic mass is 9.85. The SMILES string of the molecule is Clc1ccc(C2(Cn3ccnc3)OCc3cc(Cl)ccc32)cc1. The fraction of sp³-hybridized carbons (Fsp3) is 0.167. The Morgan fingerprint density at radius 1 is 1.09 bits per heavy atom. The molecule has 0 amide bonds. The summed E-state index contributed by atoms with van der Waals surface area (Å²) in [6.45, 7) is 1.18. The molecule has 0 aliphatic carbocycles. The van der Waals surface area contributed by atoms with E-state index in [1.807, 2.05) is 47.2 Å². The molecule has 1 aromatic heterocycles. The predicted octanol–water partition coefficient (Wildman–Crippen LogP) is 4.66. The number of hydrogen-bond donors (Lipinski definition) is 0. The first-order chi connectivity index (χ1) is 11.2. The minimum absolute atomic E-state index is 0.535. The third-order valence-electron chi connectivity index (χ3n) is 4.25. The van der Waals surface area contributed by atoms with E-state index in [0.717, 1.165) is 21.7 Å².